The highest BCUT2D eigenvalue weighted by Crippen LogP contribution is 2.34. The molecular weight excluding hydrogens is 596 g/mol. The fourth-order valence-corrected chi connectivity index (χ4v) is 5.24. The topological polar surface area (TPSA) is 94.2 Å². The van der Waals surface area contributed by atoms with Crippen molar-refractivity contribution in [2.75, 3.05) is 32.2 Å². The number of benzene rings is 3. The van der Waals surface area contributed by atoms with Crippen LogP contribution in [0, 0.1) is 20.8 Å². The first-order valence-corrected chi connectivity index (χ1v) is 14.1. The zero-order chi connectivity index (χ0) is 28.8. The van der Waals surface area contributed by atoms with E-state index in [-0.39, 0.29) is 36.8 Å². The average Bonchev–Trinajstić information content (AvgIpc) is 3.19. The van der Waals surface area contributed by atoms with E-state index in [2.05, 4.69) is 21.2 Å². The summed E-state index contributed by atoms with van der Waals surface area (Å²) in [6.07, 6.45) is 1.63. The van der Waals surface area contributed by atoms with Gasteiger partial charge < -0.3 is 19.5 Å². The molecule has 3 amide bonds. The molecule has 1 saturated heterocycles. The molecule has 0 saturated carbocycles. The van der Waals surface area contributed by atoms with Gasteiger partial charge in [0, 0.05) is 10.2 Å². The van der Waals surface area contributed by atoms with Gasteiger partial charge in [-0.2, -0.15) is 0 Å². The maximum absolute atomic E-state index is 12.9. The van der Waals surface area contributed by atoms with E-state index in [9.17, 15) is 14.4 Å². The summed E-state index contributed by atoms with van der Waals surface area (Å²) >= 11 is 4.36. The number of anilines is 1. The van der Waals surface area contributed by atoms with Crippen molar-refractivity contribution >= 4 is 56.5 Å². The minimum atomic E-state index is -0.378. The number of halogens is 1. The van der Waals surface area contributed by atoms with Gasteiger partial charge in [0.25, 0.3) is 17.1 Å². The fourth-order valence-electron chi connectivity index (χ4n) is 3.95. The highest BCUT2D eigenvalue weighted by Gasteiger charge is 2.34. The molecule has 10 heteroatoms. The molecule has 8 nitrogen and oxygen atoms in total. The minimum absolute atomic E-state index is 0.146. The molecule has 3 aromatic rings. The SMILES string of the molecule is COc1cc(/C=C2\SC(=O)N(CCOc3cccc(C)c3)C2=O)ccc1OCC(=O)Nc1ccc(Br)c(C)c1C. The Bertz CT molecular complexity index is 1490. The van der Waals surface area contributed by atoms with Gasteiger partial charge in [-0.1, -0.05) is 34.1 Å². The lowest BCUT2D eigenvalue weighted by atomic mass is 10.1. The summed E-state index contributed by atoms with van der Waals surface area (Å²) in [4.78, 5) is 39.4. The lowest BCUT2D eigenvalue weighted by Gasteiger charge is -2.14. The second kappa shape index (κ2) is 13.1. The monoisotopic (exact) mass is 624 g/mol. The average molecular weight is 626 g/mol. The Morgan fingerprint density at radius 2 is 1.80 bits per heavy atom. The van der Waals surface area contributed by atoms with Crippen LogP contribution in [0.5, 0.6) is 17.2 Å². The number of hydrogen-bond acceptors (Lipinski definition) is 7. The molecule has 1 fully saturated rings. The van der Waals surface area contributed by atoms with Gasteiger partial charge in [0.1, 0.15) is 12.4 Å². The molecular formula is C30H29BrN2O6S. The lowest BCUT2D eigenvalue weighted by molar-refractivity contribution is -0.123. The lowest BCUT2D eigenvalue weighted by Crippen LogP contribution is -2.32. The number of amides is 3. The van der Waals surface area contributed by atoms with E-state index in [0.29, 0.717) is 33.4 Å². The maximum Gasteiger partial charge on any atom is 0.293 e. The molecule has 4 rings (SSSR count). The highest BCUT2D eigenvalue weighted by atomic mass is 79.9. The number of methoxy groups -OCH3 is 1. The van der Waals surface area contributed by atoms with Crippen molar-refractivity contribution in [1.29, 1.82) is 0 Å². The fraction of sp³-hybridized carbons (Fsp3) is 0.233. The second-order valence-electron chi connectivity index (χ2n) is 9.09. The Morgan fingerprint density at radius 1 is 1.00 bits per heavy atom. The van der Waals surface area contributed by atoms with Gasteiger partial charge in [-0.05, 0) is 97.3 Å². The van der Waals surface area contributed by atoms with Crippen LogP contribution >= 0.6 is 27.7 Å². The molecule has 0 aliphatic carbocycles. The number of nitrogens with zero attached hydrogens (tertiary/aromatic N) is 1. The van der Waals surface area contributed by atoms with Crippen LogP contribution in [0.1, 0.15) is 22.3 Å². The minimum Gasteiger partial charge on any atom is -0.493 e. The van der Waals surface area contributed by atoms with Crippen LogP contribution in [0.4, 0.5) is 10.5 Å². The maximum atomic E-state index is 12.9. The molecule has 1 N–H and O–H groups in total. The Kier molecular flexibility index (Phi) is 9.54. The first kappa shape index (κ1) is 29.2. The second-order valence-corrected chi connectivity index (χ2v) is 10.9. The molecule has 1 heterocycles. The van der Waals surface area contributed by atoms with Crippen molar-refractivity contribution < 1.29 is 28.6 Å². The summed E-state index contributed by atoms with van der Waals surface area (Å²) in [6.45, 7) is 6.00. The molecule has 1 aliphatic rings. The van der Waals surface area contributed by atoms with E-state index in [1.165, 1.54) is 12.0 Å². The van der Waals surface area contributed by atoms with Gasteiger partial charge in [-0.15, -0.1) is 0 Å². The summed E-state index contributed by atoms with van der Waals surface area (Å²) in [5.41, 5.74) is 4.44. The van der Waals surface area contributed by atoms with Crippen molar-refractivity contribution in [1.82, 2.24) is 4.90 Å². The van der Waals surface area contributed by atoms with Crippen LogP contribution in [0.3, 0.4) is 0 Å². The molecule has 0 bridgehead atoms. The molecule has 3 aromatic carbocycles. The summed E-state index contributed by atoms with van der Waals surface area (Å²) in [5, 5.41) is 2.52. The number of thioether (sulfide) groups is 1. The molecule has 0 radical (unpaired) electrons. The van der Waals surface area contributed by atoms with E-state index < -0.39 is 0 Å². The number of hydrogen-bond donors (Lipinski definition) is 1. The summed E-state index contributed by atoms with van der Waals surface area (Å²) in [7, 11) is 1.49. The van der Waals surface area contributed by atoms with Gasteiger partial charge in [0.05, 0.1) is 18.6 Å². The van der Waals surface area contributed by atoms with E-state index in [1.54, 1.807) is 24.3 Å². The number of carbonyl (C=O) groups is 3. The van der Waals surface area contributed by atoms with Gasteiger partial charge >= 0.3 is 0 Å². The van der Waals surface area contributed by atoms with Crippen molar-refractivity contribution in [3.05, 3.63) is 86.2 Å². The Hall–Kier alpha value is -3.76. The van der Waals surface area contributed by atoms with Crippen LogP contribution in [-0.2, 0) is 9.59 Å². The van der Waals surface area contributed by atoms with E-state index in [1.807, 2.05) is 57.2 Å². The number of ether oxygens (including phenoxy) is 3. The van der Waals surface area contributed by atoms with Crippen LogP contribution in [0.2, 0.25) is 0 Å². The van der Waals surface area contributed by atoms with Crippen LogP contribution in [0.15, 0.2) is 64.0 Å². The third-order valence-corrected chi connectivity index (χ3v) is 8.05. The third kappa shape index (κ3) is 7.05. The predicted molar refractivity (Wildman–Crippen MR) is 160 cm³/mol. The van der Waals surface area contributed by atoms with Gasteiger partial charge in [-0.25, -0.2) is 0 Å². The molecule has 0 unspecified atom stereocenters. The summed E-state index contributed by atoms with van der Waals surface area (Å²) in [6, 6.07) is 16.4. The number of carbonyl (C=O) groups excluding carboxylic acids is 3. The Balaban J connectivity index is 1.36. The molecule has 1 aliphatic heterocycles. The van der Waals surface area contributed by atoms with Crippen molar-refractivity contribution in [2.45, 2.75) is 20.8 Å². The quantitative estimate of drug-likeness (QED) is 0.257. The predicted octanol–water partition coefficient (Wildman–Crippen LogP) is 6.52. The van der Waals surface area contributed by atoms with E-state index >= 15 is 0 Å². The van der Waals surface area contributed by atoms with Crippen LogP contribution < -0.4 is 19.5 Å². The van der Waals surface area contributed by atoms with Crippen LogP contribution in [-0.4, -0.2) is 48.8 Å². The molecule has 0 aromatic heterocycles. The van der Waals surface area contributed by atoms with Gasteiger partial charge in [0.15, 0.2) is 18.1 Å². The van der Waals surface area contributed by atoms with Crippen molar-refractivity contribution in [3.8, 4) is 17.2 Å². The number of nitrogens with one attached hydrogen (secondary N) is 1. The first-order chi connectivity index (χ1) is 19.2. The molecule has 0 spiro atoms. The largest absolute Gasteiger partial charge is 0.493 e. The van der Waals surface area contributed by atoms with Crippen LogP contribution in [0.25, 0.3) is 6.08 Å². The molecule has 208 valence electrons. The number of rotatable bonds is 10. The smallest absolute Gasteiger partial charge is 0.293 e. The zero-order valence-electron chi connectivity index (χ0n) is 22.6. The van der Waals surface area contributed by atoms with E-state index in [4.69, 9.17) is 14.2 Å². The number of imide groups is 1. The highest BCUT2D eigenvalue weighted by molar-refractivity contribution is 9.10. The Morgan fingerprint density at radius 3 is 2.55 bits per heavy atom. The zero-order valence-corrected chi connectivity index (χ0v) is 25.0. The van der Waals surface area contributed by atoms with E-state index in [0.717, 1.165) is 32.9 Å². The third-order valence-electron chi connectivity index (χ3n) is 6.29. The molecule has 40 heavy (non-hydrogen) atoms. The summed E-state index contributed by atoms with van der Waals surface area (Å²) in [5.74, 6) is 0.768. The van der Waals surface area contributed by atoms with Crippen molar-refractivity contribution in [3.63, 3.8) is 0 Å². The van der Waals surface area contributed by atoms with Gasteiger partial charge in [-0.3, -0.25) is 19.3 Å². The molecule has 0 atom stereocenters. The standard InChI is InChI=1S/C30H29BrN2O6S/c1-18-6-5-7-22(14-18)38-13-12-33-29(35)27(40-30(33)36)16-21-8-11-25(26(15-21)37-4)39-17-28(34)32-24-10-9-23(31)19(2)20(24)3/h5-11,14-16H,12-13,17H2,1-4H3,(H,32,34)/b27-16-. The van der Waals surface area contributed by atoms with Gasteiger partial charge in [0.2, 0.25) is 0 Å². The summed E-state index contributed by atoms with van der Waals surface area (Å²) < 4.78 is 17.8. The normalized spacial score (nSPS) is 14.0. The first-order valence-electron chi connectivity index (χ1n) is 12.5. The Labute approximate surface area is 245 Å². The van der Waals surface area contributed by atoms with Crippen molar-refractivity contribution in [2.24, 2.45) is 0 Å². The number of aryl methyl sites for hydroxylation is 1.